The number of hydrogen-bond acceptors (Lipinski definition) is 3. The second kappa shape index (κ2) is 9.60. The molecule has 0 saturated carbocycles. The number of nitrogens with zero attached hydrogens (tertiary/aromatic N) is 3. The van der Waals surface area contributed by atoms with Crippen molar-refractivity contribution in [3.05, 3.63) is 47.8 Å². The Morgan fingerprint density at radius 2 is 2.12 bits per heavy atom. The van der Waals surface area contributed by atoms with Crippen molar-refractivity contribution in [3.63, 3.8) is 0 Å². The highest BCUT2D eigenvalue weighted by Crippen LogP contribution is 2.19. The maximum Gasteiger partial charge on any atom is 0.190 e. The summed E-state index contributed by atoms with van der Waals surface area (Å²) in [5.41, 5.74) is 2.45. The molecule has 0 fully saturated rings. The molecular weight excluding hydrogens is 302 g/mol. The lowest BCUT2D eigenvalue weighted by Gasteiger charge is -2.13. The fourth-order valence-corrected chi connectivity index (χ4v) is 2.52. The van der Waals surface area contributed by atoms with E-state index in [4.69, 9.17) is 4.74 Å². The highest BCUT2D eigenvalue weighted by molar-refractivity contribution is 5.79. The number of guanidine groups is 1. The van der Waals surface area contributed by atoms with Crippen LogP contribution in [-0.4, -0.2) is 43.0 Å². The minimum absolute atomic E-state index is 0.804. The van der Waals surface area contributed by atoms with Crippen molar-refractivity contribution in [1.82, 2.24) is 20.4 Å². The van der Waals surface area contributed by atoms with Crippen LogP contribution < -0.4 is 15.4 Å². The van der Waals surface area contributed by atoms with Crippen LogP contribution in [0.15, 0.2) is 41.7 Å². The average molecular weight is 329 g/mol. The predicted octanol–water partition coefficient (Wildman–Crippen LogP) is 2.00. The number of hydrogen-bond donors (Lipinski definition) is 2. The summed E-state index contributed by atoms with van der Waals surface area (Å²) in [6, 6.07) is 8.19. The molecule has 0 amide bonds. The SMILES string of the molecule is CN=C(NCCCn1cccn1)NCCc1cc(C)ccc1OC. The van der Waals surface area contributed by atoms with Crippen LogP contribution >= 0.6 is 0 Å². The van der Waals surface area contributed by atoms with Crippen molar-refractivity contribution >= 4 is 5.96 Å². The zero-order valence-electron chi connectivity index (χ0n) is 14.7. The van der Waals surface area contributed by atoms with Crippen LogP contribution in [0.2, 0.25) is 0 Å². The maximum atomic E-state index is 5.42. The third-order valence-electron chi connectivity index (χ3n) is 3.76. The van der Waals surface area contributed by atoms with Gasteiger partial charge in [-0.05, 0) is 37.5 Å². The summed E-state index contributed by atoms with van der Waals surface area (Å²) in [4.78, 5) is 4.25. The van der Waals surface area contributed by atoms with Crippen LogP contribution in [-0.2, 0) is 13.0 Å². The van der Waals surface area contributed by atoms with E-state index in [2.05, 4.69) is 39.8 Å². The van der Waals surface area contributed by atoms with Gasteiger partial charge >= 0.3 is 0 Å². The van der Waals surface area contributed by atoms with Gasteiger partial charge in [0.05, 0.1) is 7.11 Å². The lowest BCUT2D eigenvalue weighted by atomic mass is 10.1. The van der Waals surface area contributed by atoms with Gasteiger partial charge in [0.1, 0.15) is 5.75 Å². The number of aromatic nitrogens is 2. The second-order valence-corrected chi connectivity index (χ2v) is 5.61. The predicted molar refractivity (Wildman–Crippen MR) is 97.6 cm³/mol. The maximum absolute atomic E-state index is 5.42. The third-order valence-corrected chi connectivity index (χ3v) is 3.76. The Hall–Kier alpha value is -2.50. The molecule has 0 aliphatic carbocycles. The molecule has 0 radical (unpaired) electrons. The molecular formula is C18H27N5O. The van der Waals surface area contributed by atoms with Crippen LogP contribution in [0.3, 0.4) is 0 Å². The fraction of sp³-hybridized carbons (Fsp3) is 0.444. The third kappa shape index (κ3) is 5.61. The average Bonchev–Trinajstić information content (AvgIpc) is 3.10. The summed E-state index contributed by atoms with van der Waals surface area (Å²) in [5.74, 6) is 1.76. The molecule has 6 nitrogen and oxygen atoms in total. The van der Waals surface area contributed by atoms with Crippen molar-refractivity contribution in [1.29, 1.82) is 0 Å². The van der Waals surface area contributed by atoms with Crippen LogP contribution in [0.1, 0.15) is 17.5 Å². The first kappa shape index (κ1) is 17.8. The van der Waals surface area contributed by atoms with E-state index in [1.54, 1.807) is 20.4 Å². The summed E-state index contributed by atoms with van der Waals surface area (Å²) in [5, 5.41) is 10.9. The first-order valence-electron chi connectivity index (χ1n) is 8.28. The molecule has 0 aliphatic heterocycles. The van der Waals surface area contributed by atoms with E-state index in [0.717, 1.165) is 44.2 Å². The van der Waals surface area contributed by atoms with Gasteiger partial charge in [0.2, 0.25) is 0 Å². The largest absolute Gasteiger partial charge is 0.496 e. The minimum Gasteiger partial charge on any atom is -0.496 e. The Kier molecular flexibility index (Phi) is 7.14. The Morgan fingerprint density at radius 1 is 1.29 bits per heavy atom. The molecule has 0 aliphatic rings. The first-order valence-corrected chi connectivity index (χ1v) is 8.28. The van der Waals surface area contributed by atoms with Gasteiger partial charge in [-0.25, -0.2) is 0 Å². The quantitative estimate of drug-likeness (QED) is 0.442. The number of aliphatic imine (C=N–C) groups is 1. The topological polar surface area (TPSA) is 63.5 Å². The first-order chi connectivity index (χ1) is 11.7. The van der Waals surface area contributed by atoms with Crippen LogP contribution in [0.4, 0.5) is 0 Å². The van der Waals surface area contributed by atoms with Crippen LogP contribution in [0.5, 0.6) is 5.75 Å². The van der Waals surface area contributed by atoms with E-state index in [1.807, 2.05) is 23.0 Å². The van der Waals surface area contributed by atoms with Crippen LogP contribution in [0.25, 0.3) is 0 Å². The molecule has 0 unspecified atom stereocenters. The monoisotopic (exact) mass is 329 g/mol. The number of nitrogens with one attached hydrogen (secondary N) is 2. The lowest BCUT2D eigenvalue weighted by Crippen LogP contribution is -2.39. The Balaban J connectivity index is 1.70. The molecule has 2 N–H and O–H groups in total. The van der Waals surface area contributed by atoms with Crippen molar-refractivity contribution in [2.45, 2.75) is 26.3 Å². The molecule has 130 valence electrons. The van der Waals surface area contributed by atoms with Gasteiger partial charge in [-0.1, -0.05) is 17.7 Å². The molecule has 0 spiro atoms. The van der Waals surface area contributed by atoms with Gasteiger partial charge in [0, 0.05) is 39.1 Å². The van der Waals surface area contributed by atoms with E-state index in [9.17, 15) is 0 Å². The Morgan fingerprint density at radius 3 is 2.83 bits per heavy atom. The summed E-state index contributed by atoms with van der Waals surface area (Å²) in [7, 11) is 3.50. The Bertz CT molecular complexity index is 637. The molecule has 1 aromatic heterocycles. The summed E-state index contributed by atoms with van der Waals surface area (Å²) in [6.45, 7) is 4.65. The molecule has 2 aromatic rings. The van der Waals surface area contributed by atoms with Crippen molar-refractivity contribution in [2.75, 3.05) is 27.2 Å². The molecule has 0 atom stereocenters. The van der Waals surface area contributed by atoms with Crippen molar-refractivity contribution in [2.24, 2.45) is 4.99 Å². The van der Waals surface area contributed by atoms with Crippen LogP contribution in [0, 0.1) is 6.92 Å². The molecule has 6 heteroatoms. The van der Waals surface area contributed by atoms with E-state index >= 15 is 0 Å². The minimum atomic E-state index is 0.804. The number of rotatable bonds is 8. The molecule has 2 rings (SSSR count). The number of benzene rings is 1. The van der Waals surface area contributed by atoms with E-state index in [-0.39, 0.29) is 0 Å². The van der Waals surface area contributed by atoms with E-state index in [1.165, 1.54) is 11.1 Å². The molecule has 1 aromatic carbocycles. The summed E-state index contributed by atoms with van der Waals surface area (Å²) < 4.78 is 7.35. The van der Waals surface area contributed by atoms with Gasteiger partial charge in [0.15, 0.2) is 5.96 Å². The van der Waals surface area contributed by atoms with Gasteiger partial charge in [0.25, 0.3) is 0 Å². The normalized spacial score (nSPS) is 11.4. The van der Waals surface area contributed by atoms with Crippen molar-refractivity contribution in [3.8, 4) is 5.75 Å². The fourth-order valence-electron chi connectivity index (χ4n) is 2.52. The van der Waals surface area contributed by atoms with Gasteiger partial charge in [-0.15, -0.1) is 0 Å². The molecule has 0 saturated heterocycles. The lowest BCUT2D eigenvalue weighted by molar-refractivity contribution is 0.409. The Labute approximate surface area is 143 Å². The number of aryl methyl sites for hydroxylation is 2. The van der Waals surface area contributed by atoms with Gasteiger partial charge in [-0.2, -0.15) is 5.10 Å². The van der Waals surface area contributed by atoms with Gasteiger partial charge in [-0.3, -0.25) is 9.67 Å². The zero-order valence-corrected chi connectivity index (χ0v) is 14.7. The molecule has 0 bridgehead atoms. The highest BCUT2D eigenvalue weighted by Gasteiger charge is 2.04. The summed E-state index contributed by atoms with van der Waals surface area (Å²) >= 11 is 0. The zero-order chi connectivity index (χ0) is 17.2. The van der Waals surface area contributed by atoms with E-state index < -0.39 is 0 Å². The molecule has 24 heavy (non-hydrogen) atoms. The van der Waals surface area contributed by atoms with E-state index in [0.29, 0.717) is 0 Å². The standard InChI is InChI=1S/C18H27N5O/c1-15-6-7-17(24-3)16(14-15)8-11-21-18(19-2)20-9-4-12-23-13-5-10-22-23/h5-7,10,13-14H,4,8-9,11-12H2,1-3H3,(H2,19,20,21). The summed E-state index contributed by atoms with van der Waals surface area (Å²) in [6.07, 6.45) is 5.66. The highest BCUT2D eigenvalue weighted by atomic mass is 16.5. The molecule has 1 heterocycles. The van der Waals surface area contributed by atoms with Crippen molar-refractivity contribution < 1.29 is 4.74 Å². The second-order valence-electron chi connectivity index (χ2n) is 5.61. The van der Waals surface area contributed by atoms with Gasteiger partial charge < -0.3 is 15.4 Å². The number of ether oxygens (including phenoxy) is 1. The smallest absolute Gasteiger partial charge is 0.190 e. The number of methoxy groups -OCH3 is 1.